The second kappa shape index (κ2) is 9.25. The first-order valence-electron chi connectivity index (χ1n) is 9.16. The van der Waals surface area contributed by atoms with Gasteiger partial charge in [0.1, 0.15) is 0 Å². The number of dihydropyridines is 1. The van der Waals surface area contributed by atoms with Crippen molar-refractivity contribution in [3.05, 3.63) is 82.3 Å². The molecule has 5 nitrogen and oxygen atoms in total. The number of carbonyl (C=O) groups is 1. The molecule has 2 heterocycles. The number of nitrogens with one attached hydrogen (secondary N) is 2. The average molecular weight is 391 g/mol. The van der Waals surface area contributed by atoms with E-state index in [2.05, 4.69) is 28.6 Å². The number of benzene rings is 1. The van der Waals surface area contributed by atoms with Crippen LogP contribution in [-0.2, 0) is 4.79 Å². The molecule has 1 amide bonds. The van der Waals surface area contributed by atoms with Gasteiger partial charge in [0.2, 0.25) is 0 Å². The van der Waals surface area contributed by atoms with Gasteiger partial charge < -0.3 is 10.6 Å². The van der Waals surface area contributed by atoms with Crippen molar-refractivity contribution in [1.29, 1.82) is 5.26 Å². The fourth-order valence-electron chi connectivity index (χ4n) is 3.14. The molecule has 0 radical (unpaired) electrons. The molecule has 1 aliphatic rings. The maximum absolute atomic E-state index is 13.2. The lowest BCUT2D eigenvalue weighted by Gasteiger charge is -2.29. The van der Waals surface area contributed by atoms with Crippen LogP contribution in [-0.4, -0.2) is 16.6 Å². The highest BCUT2D eigenvalue weighted by Crippen LogP contribution is 2.40. The predicted octanol–water partition coefficient (Wildman–Crippen LogP) is 4.56. The second-order valence-corrected chi connectivity index (χ2v) is 7.51. The number of hydrogen-bond acceptors (Lipinski definition) is 5. The number of nitrogens with zero attached hydrogens (tertiary/aromatic N) is 2. The van der Waals surface area contributed by atoms with Crippen LogP contribution in [0.15, 0.2) is 76.7 Å². The fraction of sp³-hybridized carbons (Fsp3) is 0.227. The zero-order valence-corrected chi connectivity index (χ0v) is 16.7. The van der Waals surface area contributed by atoms with E-state index in [0.29, 0.717) is 11.1 Å². The van der Waals surface area contributed by atoms with Crippen molar-refractivity contribution in [2.24, 2.45) is 0 Å². The van der Waals surface area contributed by atoms with Gasteiger partial charge in [-0.1, -0.05) is 25.1 Å². The summed E-state index contributed by atoms with van der Waals surface area (Å²) in [4.78, 5) is 17.3. The van der Waals surface area contributed by atoms with Gasteiger partial charge in [-0.15, -0.1) is 11.8 Å². The molecule has 0 saturated carbocycles. The lowest BCUT2D eigenvalue weighted by molar-refractivity contribution is -0.113. The molecular formula is C22H22N4OS. The van der Waals surface area contributed by atoms with Crippen molar-refractivity contribution < 1.29 is 4.79 Å². The Kier molecular flexibility index (Phi) is 6.51. The summed E-state index contributed by atoms with van der Waals surface area (Å²) >= 11 is 1.61. The van der Waals surface area contributed by atoms with E-state index in [1.807, 2.05) is 49.4 Å². The fourth-order valence-corrected chi connectivity index (χ4v) is 4.09. The van der Waals surface area contributed by atoms with E-state index in [1.54, 1.807) is 24.2 Å². The quantitative estimate of drug-likeness (QED) is 0.756. The predicted molar refractivity (Wildman–Crippen MR) is 113 cm³/mol. The molecule has 0 unspecified atom stereocenters. The molecule has 1 aromatic heterocycles. The number of anilines is 1. The van der Waals surface area contributed by atoms with Crippen LogP contribution in [0, 0.1) is 11.3 Å². The van der Waals surface area contributed by atoms with Crippen molar-refractivity contribution in [2.45, 2.75) is 26.2 Å². The van der Waals surface area contributed by atoms with Gasteiger partial charge in [-0.25, -0.2) is 0 Å². The third-order valence-electron chi connectivity index (χ3n) is 4.41. The number of amides is 1. The average Bonchev–Trinajstić information content (AvgIpc) is 2.72. The summed E-state index contributed by atoms with van der Waals surface area (Å²) in [6, 6.07) is 15.4. The summed E-state index contributed by atoms with van der Waals surface area (Å²) in [5.41, 5.74) is 3.46. The lowest BCUT2D eigenvalue weighted by atomic mass is 9.82. The molecule has 1 aliphatic heterocycles. The number of nitriles is 1. The van der Waals surface area contributed by atoms with Crippen LogP contribution in [0.2, 0.25) is 0 Å². The van der Waals surface area contributed by atoms with Crippen molar-refractivity contribution in [3.8, 4) is 6.07 Å². The van der Waals surface area contributed by atoms with E-state index in [4.69, 9.17) is 0 Å². The van der Waals surface area contributed by atoms with Crippen LogP contribution in [0.5, 0.6) is 0 Å². The molecule has 0 fully saturated rings. The number of pyridine rings is 1. The van der Waals surface area contributed by atoms with Gasteiger partial charge in [0, 0.05) is 29.4 Å². The van der Waals surface area contributed by atoms with E-state index < -0.39 is 5.92 Å². The van der Waals surface area contributed by atoms with Crippen LogP contribution in [0.1, 0.15) is 31.7 Å². The van der Waals surface area contributed by atoms with Crippen molar-refractivity contribution in [1.82, 2.24) is 10.3 Å². The topological polar surface area (TPSA) is 77.8 Å². The first-order valence-corrected chi connectivity index (χ1v) is 10.2. The third-order valence-corrected chi connectivity index (χ3v) is 5.64. The van der Waals surface area contributed by atoms with Gasteiger partial charge in [0.15, 0.2) is 0 Å². The zero-order chi connectivity index (χ0) is 19.9. The Morgan fingerprint density at radius 2 is 1.96 bits per heavy atom. The first kappa shape index (κ1) is 19.7. The molecule has 2 aromatic rings. The number of allylic oxidation sites excluding steroid dienone is 2. The second-order valence-electron chi connectivity index (χ2n) is 6.40. The molecule has 2 N–H and O–H groups in total. The molecule has 0 bridgehead atoms. The van der Waals surface area contributed by atoms with E-state index in [1.165, 1.54) is 0 Å². The number of aromatic nitrogens is 1. The standard InChI is InChI=1S/C22H22N4OS/c1-3-13-28-22-18(14-23)20(16-9-11-24-12-10-16)19(15(2)25-22)21(27)26-17-7-5-4-6-8-17/h4-12,20,25H,3,13H2,1-2H3,(H,26,27)/t20-/m1/s1. The van der Waals surface area contributed by atoms with E-state index in [0.717, 1.165) is 34.2 Å². The van der Waals surface area contributed by atoms with Gasteiger partial charge in [0.05, 0.1) is 22.6 Å². The zero-order valence-electron chi connectivity index (χ0n) is 15.9. The Balaban J connectivity index is 2.04. The highest BCUT2D eigenvalue weighted by molar-refractivity contribution is 8.03. The largest absolute Gasteiger partial charge is 0.353 e. The van der Waals surface area contributed by atoms with Gasteiger partial charge >= 0.3 is 0 Å². The normalized spacial score (nSPS) is 16.4. The minimum absolute atomic E-state index is 0.217. The molecule has 0 aliphatic carbocycles. The number of para-hydroxylation sites is 1. The highest BCUT2D eigenvalue weighted by Gasteiger charge is 2.34. The van der Waals surface area contributed by atoms with Crippen molar-refractivity contribution >= 4 is 23.4 Å². The van der Waals surface area contributed by atoms with E-state index >= 15 is 0 Å². The maximum atomic E-state index is 13.2. The summed E-state index contributed by atoms with van der Waals surface area (Å²) in [6.45, 7) is 3.99. The minimum atomic E-state index is -0.433. The van der Waals surface area contributed by atoms with Crippen LogP contribution in [0.25, 0.3) is 0 Å². The molecule has 142 valence electrons. The smallest absolute Gasteiger partial charge is 0.254 e. The third kappa shape index (κ3) is 4.26. The first-order chi connectivity index (χ1) is 13.7. The van der Waals surface area contributed by atoms with Crippen molar-refractivity contribution in [2.75, 3.05) is 11.1 Å². The number of rotatable bonds is 6. The van der Waals surface area contributed by atoms with Crippen LogP contribution in [0.3, 0.4) is 0 Å². The number of carbonyl (C=O) groups excluding carboxylic acids is 1. The maximum Gasteiger partial charge on any atom is 0.254 e. The Morgan fingerprint density at radius 3 is 2.61 bits per heavy atom. The van der Waals surface area contributed by atoms with Crippen LogP contribution < -0.4 is 10.6 Å². The molecule has 0 saturated heterocycles. The SMILES string of the molecule is CCCSC1=C(C#N)[C@@H](c2ccncc2)C(C(=O)Nc2ccccc2)=C(C)N1. The van der Waals surface area contributed by atoms with E-state index in [9.17, 15) is 10.1 Å². The molecule has 6 heteroatoms. The Hall–Kier alpha value is -3.04. The van der Waals surface area contributed by atoms with Gasteiger partial charge in [0.25, 0.3) is 5.91 Å². The molecule has 1 aromatic carbocycles. The molecule has 3 rings (SSSR count). The Morgan fingerprint density at radius 1 is 1.25 bits per heavy atom. The number of hydrogen-bond donors (Lipinski definition) is 2. The van der Waals surface area contributed by atoms with Crippen LogP contribution in [0.4, 0.5) is 5.69 Å². The summed E-state index contributed by atoms with van der Waals surface area (Å²) in [5.74, 6) is 0.248. The summed E-state index contributed by atoms with van der Waals surface area (Å²) in [5, 5.41) is 17.0. The monoisotopic (exact) mass is 390 g/mol. The summed E-state index contributed by atoms with van der Waals surface area (Å²) < 4.78 is 0. The van der Waals surface area contributed by atoms with Gasteiger partial charge in [-0.3, -0.25) is 9.78 Å². The minimum Gasteiger partial charge on any atom is -0.353 e. The summed E-state index contributed by atoms with van der Waals surface area (Å²) in [6.07, 6.45) is 4.37. The molecule has 0 spiro atoms. The van der Waals surface area contributed by atoms with Crippen molar-refractivity contribution in [3.63, 3.8) is 0 Å². The van der Waals surface area contributed by atoms with Gasteiger partial charge in [-0.2, -0.15) is 5.26 Å². The summed E-state index contributed by atoms with van der Waals surface area (Å²) in [7, 11) is 0. The number of thioether (sulfide) groups is 1. The van der Waals surface area contributed by atoms with Crippen LogP contribution >= 0.6 is 11.8 Å². The Bertz CT molecular complexity index is 946. The Labute approximate surface area is 169 Å². The molecule has 28 heavy (non-hydrogen) atoms. The highest BCUT2D eigenvalue weighted by atomic mass is 32.2. The van der Waals surface area contributed by atoms with Gasteiger partial charge in [-0.05, 0) is 48.9 Å². The lowest BCUT2D eigenvalue weighted by Crippen LogP contribution is -2.30. The van der Waals surface area contributed by atoms with E-state index in [-0.39, 0.29) is 5.91 Å². The molecule has 1 atom stereocenters. The molecular weight excluding hydrogens is 368 g/mol.